The van der Waals surface area contributed by atoms with Crippen LogP contribution in [0.5, 0.6) is 0 Å². The molecule has 2 rings (SSSR count). The topological polar surface area (TPSA) is 86.9 Å². The fourth-order valence-electron chi connectivity index (χ4n) is 2.72. The lowest BCUT2D eigenvalue weighted by Crippen LogP contribution is -2.51. The van der Waals surface area contributed by atoms with Gasteiger partial charge < -0.3 is 15.1 Å². The van der Waals surface area contributed by atoms with Crippen molar-refractivity contribution in [2.24, 2.45) is 4.99 Å². The first-order valence-corrected chi connectivity index (χ1v) is 10.3. The van der Waals surface area contributed by atoms with Gasteiger partial charge in [-0.1, -0.05) is 6.92 Å². The zero-order valence-corrected chi connectivity index (χ0v) is 18.7. The molecule has 1 aliphatic heterocycles. The Morgan fingerprint density at radius 1 is 1.36 bits per heavy atom. The van der Waals surface area contributed by atoms with Crippen molar-refractivity contribution < 1.29 is 26.0 Å². The van der Waals surface area contributed by atoms with E-state index in [-0.39, 0.29) is 55.9 Å². The molecular formula is C16H26F3IN4O3S. The summed E-state index contributed by atoms with van der Waals surface area (Å²) in [7, 11) is -5.26. The van der Waals surface area contributed by atoms with Gasteiger partial charge in [-0.2, -0.15) is 17.5 Å². The fourth-order valence-corrected chi connectivity index (χ4v) is 3.70. The van der Waals surface area contributed by atoms with Crippen LogP contribution in [0.3, 0.4) is 0 Å². The summed E-state index contributed by atoms with van der Waals surface area (Å²) in [6.07, 6.45) is 3.68. The van der Waals surface area contributed by atoms with Gasteiger partial charge in [0.25, 0.3) is 0 Å². The second-order valence-corrected chi connectivity index (χ2v) is 8.18. The summed E-state index contributed by atoms with van der Waals surface area (Å²) >= 11 is 0. The maximum absolute atomic E-state index is 12.6. The van der Waals surface area contributed by atoms with E-state index in [0.717, 1.165) is 12.2 Å². The number of piperidine rings is 1. The Hall–Kier alpha value is -1.02. The van der Waals surface area contributed by atoms with Gasteiger partial charge in [0.1, 0.15) is 5.76 Å². The zero-order chi connectivity index (χ0) is 19.9. The summed E-state index contributed by atoms with van der Waals surface area (Å²) in [5, 5.41) is 6.36. The molecule has 0 bridgehead atoms. The highest BCUT2D eigenvalue weighted by Crippen LogP contribution is 2.28. The Morgan fingerprint density at radius 2 is 2.04 bits per heavy atom. The summed E-state index contributed by atoms with van der Waals surface area (Å²) < 4.78 is 66.6. The van der Waals surface area contributed by atoms with Gasteiger partial charge in [0.05, 0.1) is 6.26 Å². The molecule has 28 heavy (non-hydrogen) atoms. The van der Waals surface area contributed by atoms with E-state index in [2.05, 4.69) is 15.6 Å². The number of nitrogens with zero attached hydrogens (tertiary/aromatic N) is 2. The number of rotatable bonds is 7. The molecule has 0 unspecified atom stereocenters. The molecule has 0 amide bonds. The standard InChI is InChI=1S/C16H25F3N4O3S.HI/c1-2-8-20-15(21-9-5-14-4-3-12-26-14)22-13-6-10-23(11-7-13)27(24,25)16(17,18)19;/h3-4,12-13H,2,5-11H2,1H3,(H2,20,21,22);1H. The molecule has 1 aromatic rings. The number of hydrogen-bond acceptors (Lipinski definition) is 4. The van der Waals surface area contributed by atoms with E-state index in [4.69, 9.17) is 4.42 Å². The van der Waals surface area contributed by atoms with Crippen molar-refractivity contribution in [2.75, 3.05) is 26.2 Å². The Kier molecular flexibility index (Phi) is 10.0. The predicted octanol–water partition coefficient (Wildman–Crippen LogP) is 2.70. The van der Waals surface area contributed by atoms with Crippen LogP contribution in [0.2, 0.25) is 0 Å². The van der Waals surface area contributed by atoms with Crippen molar-refractivity contribution in [2.45, 2.75) is 44.2 Å². The summed E-state index contributed by atoms with van der Waals surface area (Å²) in [6.45, 7) is 2.84. The molecule has 1 fully saturated rings. The number of hydrogen-bond donors (Lipinski definition) is 2. The van der Waals surface area contributed by atoms with Gasteiger partial charge in [-0.25, -0.2) is 8.42 Å². The van der Waals surface area contributed by atoms with Gasteiger partial charge in [0.2, 0.25) is 0 Å². The number of guanidine groups is 1. The van der Waals surface area contributed by atoms with E-state index >= 15 is 0 Å². The molecule has 1 aliphatic rings. The van der Waals surface area contributed by atoms with Crippen molar-refractivity contribution >= 4 is 40.0 Å². The van der Waals surface area contributed by atoms with Gasteiger partial charge in [0.15, 0.2) is 5.96 Å². The monoisotopic (exact) mass is 538 g/mol. The maximum Gasteiger partial charge on any atom is 0.511 e. The van der Waals surface area contributed by atoms with E-state index in [9.17, 15) is 21.6 Å². The lowest BCUT2D eigenvalue weighted by Gasteiger charge is -2.32. The molecule has 1 saturated heterocycles. The van der Waals surface area contributed by atoms with Gasteiger partial charge in [-0.3, -0.25) is 4.99 Å². The third kappa shape index (κ3) is 7.10. The first-order valence-electron chi connectivity index (χ1n) is 8.87. The lowest BCUT2D eigenvalue weighted by atomic mass is 10.1. The van der Waals surface area contributed by atoms with Crippen LogP contribution in [0.1, 0.15) is 31.9 Å². The SMILES string of the molecule is CCCN=C(NCCc1ccco1)NC1CCN(S(=O)(=O)C(F)(F)F)CC1.I. The number of alkyl halides is 3. The van der Waals surface area contributed by atoms with Crippen LogP contribution >= 0.6 is 24.0 Å². The number of furan rings is 1. The molecule has 2 N–H and O–H groups in total. The Bertz CT molecular complexity index is 703. The van der Waals surface area contributed by atoms with E-state index in [1.54, 1.807) is 6.26 Å². The molecule has 0 aliphatic carbocycles. The number of nitrogens with one attached hydrogen (secondary N) is 2. The minimum Gasteiger partial charge on any atom is -0.469 e. The van der Waals surface area contributed by atoms with E-state index in [1.807, 2.05) is 19.1 Å². The van der Waals surface area contributed by atoms with Gasteiger partial charge in [-0.15, -0.1) is 24.0 Å². The molecule has 12 heteroatoms. The largest absolute Gasteiger partial charge is 0.511 e. The van der Waals surface area contributed by atoms with Crippen LogP contribution in [0.15, 0.2) is 27.8 Å². The average Bonchev–Trinajstić information content (AvgIpc) is 3.12. The first kappa shape index (κ1) is 25.0. The van der Waals surface area contributed by atoms with Crippen LogP contribution in [0, 0.1) is 0 Å². The number of aliphatic imine (C=N–C) groups is 1. The zero-order valence-electron chi connectivity index (χ0n) is 15.5. The predicted molar refractivity (Wildman–Crippen MR) is 111 cm³/mol. The van der Waals surface area contributed by atoms with Crippen molar-refractivity contribution in [1.82, 2.24) is 14.9 Å². The van der Waals surface area contributed by atoms with E-state index in [1.165, 1.54) is 0 Å². The highest BCUT2D eigenvalue weighted by atomic mass is 127. The molecule has 0 radical (unpaired) electrons. The molecule has 2 heterocycles. The van der Waals surface area contributed by atoms with E-state index < -0.39 is 15.5 Å². The van der Waals surface area contributed by atoms with Gasteiger partial charge >= 0.3 is 15.5 Å². The Morgan fingerprint density at radius 3 is 2.57 bits per heavy atom. The van der Waals surface area contributed by atoms with E-state index in [0.29, 0.717) is 29.8 Å². The van der Waals surface area contributed by atoms with Crippen LogP contribution < -0.4 is 10.6 Å². The summed E-state index contributed by atoms with van der Waals surface area (Å²) in [4.78, 5) is 4.41. The van der Waals surface area contributed by atoms with Crippen LogP contribution in [0.4, 0.5) is 13.2 Å². The fraction of sp³-hybridized carbons (Fsp3) is 0.688. The van der Waals surface area contributed by atoms with Crippen molar-refractivity contribution in [1.29, 1.82) is 0 Å². The second kappa shape index (κ2) is 11.2. The highest BCUT2D eigenvalue weighted by molar-refractivity contribution is 14.0. The number of halogens is 4. The molecule has 1 aromatic heterocycles. The van der Waals surface area contributed by atoms with Crippen LogP contribution in [-0.4, -0.2) is 56.4 Å². The molecular weight excluding hydrogens is 512 g/mol. The first-order chi connectivity index (χ1) is 12.7. The minimum absolute atomic E-state index is 0. The van der Waals surface area contributed by atoms with Crippen molar-refractivity contribution in [3.63, 3.8) is 0 Å². The van der Waals surface area contributed by atoms with Crippen LogP contribution in [0.25, 0.3) is 0 Å². The number of sulfonamides is 1. The molecule has 0 atom stereocenters. The Balaban J connectivity index is 0.00000392. The third-order valence-corrected chi connectivity index (χ3v) is 5.79. The highest BCUT2D eigenvalue weighted by Gasteiger charge is 2.50. The molecule has 0 saturated carbocycles. The molecule has 7 nitrogen and oxygen atoms in total. The average molecular weight is 538 g/mol. The molecule has 162 valence electrons. The quantitative estimate of drug-likeness (QED) is 0.317. The smallest absolute Gasteiger partial charge is 0.469 e. The van der Waals surface area contributed by atoms with Crippen molar-refractivity contribution in [3.05, 3.63) is 24.2 Å². The Labute approximate surface area is 180 Å². The lowest BCUT2D eigenvalue weighted by molar-refractivity contribution is -0.0494. The normalized spacial score (nSPS) is 17.2. The van der Waals surface area contributed by atoms with Gasteiger partial charge in [0, 0.05) is 38.6 Å². The van der Waals surface area contributed by atoms with Crippen LogP contribution in [-0.2, 0) is 16.4 Å². The minimum atomic E-state index is -5.26. The van der Waals surface area contributed by atoms with Crippen molar-refractivity contribution in [3.8, 4) is 0 Å². The molecule has 0 spiro atoms. The summed E-state index contributed by atoms with van der Waals surface area (Å²) in [5.74, 6) is 1.41. The third-order valence-electron chi connectivity index (χ3n) is 4.16. The summed E-state index contributed by atoms with van der Waals surface area (Å²) in [6, 6.07) is 3.54. The molecule has 0 aromatic carbocycles. The second-order valence-electron chi connectivity index (χ2n) is 6.25. The maximum atomic E-state index is 12.6. The van der Waals surface area contributed by atoms with Gasteiger partial charge in [-0.05, 0) is 31.4 Å². The summed E-state index contributed by atoms with van der Waals surface area (Å²) in [5.41, 5.74) is -5.26.